The van der Waals surface area contributed by atoms with E-state index in [0.29, 0.717) is 6.04 Å². The number of nitrogens with one attached hydrogen (secondary N) is 1. The Labute approximate surface area is 153 Å². The van der Waals surface area contributed by atoms with Crippen LogP contribution in [-0.4, -0.2) is 34.8 Å². The van der Waals surface area contributed by atoms with Crippen molar-refractivity contribution >= 4 is 0 Å². The summed E-state index contributed by atoms with van der Waals surface area (Å²) >= 11 is 0. The van der Waals surface area contributed by atoms with Crippen molar-refractivity contribution in [2.45, 2.75) is 31.8 Å². The van der Waals surface area contributed by atoms with E-state index in [2.05, 4.69) is 51.5 Å². The number of ether oxygens (including phenoxy) is 1. The molecule has 0 bridgehead atoms. The zero-order chi connectivity index (χ0) is 17.5. The van der Waals surface area contributed by atoms with Crippen LogP contribution in [0.2, 0.25) is 0 Å². The van der Waals surface area contributed by atoms with Crippen LogP contribution in [0.25, 0.3) is 11.3 Å². The second-order valence-electron chi connectivity index (χ2n) is 7.31. The van der Waals surface area contributed by atoms with Gasteiger partial charge in [-0.3, -0.25) is 10.00 Å². The van der Waals surface area contributed by atoms with Crippen molar-refractivity contribution in [2.24, 2.45) is 0 Å². The van der Waals surface area contributed by atoms with Crippen molar-refractivity contribution in [3.8, 4) is 17.0 Å². The number of aromatic amines is 1. The van der Waals surface area contributed by atoms with Gasteiger partial charge in [0.25, 0.3) is 0 Å². The number of hydrogen-bond acceptors (Lipinski definition) is 3. The Morgan fingerprint density at radius 2 is 1.88 bits per heavy atom. The van der Waals surface area contributed by atoms with Crippen LogP contribution in [0.1, 0.15) is 22.4 Å². The smallest absolute Gasteiger partial charge is 0.119 e. The van der Waals surface area contributed by atoms with Crippen LogP contribution in [0, 0.1) is 0 Å². The second kappa shape index (κ2) is 6.29. The van der Waals surface area contributed by atoms with Crippen molar-refractivity contribution in [3.05, 3.63) is 70.9 Å². The summed E-state index contributed by atoms with van der Waals surface area (Å²) in [5.74, 6) is 0.873. The normalized spacial score (nSPS) is 17.1. The van der Waals surface area contributed by atoms with E-state index in [-0.39, 0.29) is 0 Å². The second-order valence-corrected chi connectivity index (χ2v) is 7.31. The zero-order valence-electron chi connectivity index (χ0n) is 15.0. The first-order chi connectivity index (χ1) is 12.8. The SMILES string of the molecule is COc1cccc(-c2n[nH]c3c2CN(C2Cc4ccccc4C2)CC3)c1. The van der Waals surface area contributed by atoms with Crippen molar-refractivity contribution < 1.29 is 4.74 Å². The van der Waals surface area contributed by atoms with Crippen LogP contribution in [0.3, 0.4) is 0 Å². The molecule has 0 atom stereocenters. The summed E-state index contributed by atoms with van der Waals surface area (Å²) in [5.41, 5.74) is 7.86. The molecule has 0 saturated carbocycles. The van der Waals surface area contributed by atoms with Crippen LogP contribution >= 0.6 is 0 Å². The topological polar surface area (TPSA) is 41.1 Å². The molecule has 0 fully saturated rings. The summed E-state index contributed by atoms with van der Waals surface area (Å²) in [6.07, 6.45) is 3.37. The molecule has 1 aromatic heterocycles. The maximum Gasteiger partial charge on any atom is 0.119 e. The minimum Gasteiger partial charge on any atom is -0.497 e. The summed E-state index contributed by atoms with van der Waals surface area (Å²) in [5, 5.41) is 7.91. The lowest BCUT2D eigenvalue weighted by Crippen LogP contribution is -2.39. The van der Waals surface area contributed by atoms with E-state index < -0.39 is 0 Å². The number of methoxy groups -OCH3 is 1. The van der Waals surface area contributed by atoms with Crippen LogP contribution in [0.4, 0.5) is 0 Å². The van der Waals surface area contributed by atoms with Crippen LogP contribution in [-0.2, 0) is 25.8 Å². The Hall–Kier alpha value is -2.59. The molecular formula is C22H23N3O. The third-order valence-electron chi connectivity index (χ3n) is 5.85. The molecule has 4 heteroatoms. The highest BCUT2D eigenvalue weighted by Gasteiger charge is 2.31. The number of rotatable bonds is 3. The molecule has 4 nitrogen and oxygen atoms in total. The van der Waals surface area contributed by atoms with E-state index >= 15 is 0 Å². The molecule has 1 aliphatic carbocycles. The Balaban J connectivity index is 1.42. The summed E-state index contributed by atoms with van der Waals surface area (Å²) in [6.45, 7) is 2.07. The van der Waals surface area contributed by atoms with E-state index in [0.717, 1.165) is 49.4 Å². The average Bonchev–Trinajstić information content (AvgIpc) is 3.31. The summed E-state index contributed by atoms with van der Waals surface area (Å²) in [7, 11) is 1.71. The average molecular weight is 345 g/mol. The Morgan fingerprint density at radius 1 is 1.08 bits per heavy atom. The van der Waals surface area contributed by atoms with Crippen LogP contribution in [0.15, 0.2) is 48.5 Å². The molecule has 2 aliphatic rings. The minimum atomic E-state index is 0.605. The molecule has 0 saturated heterocycles. The number of nitrogens with zero attached hydrogens (tertiary/aromatic N) is 2. The largest absolute Gasteiger partial charge is 0.497 e. The summed E-state index contributed by atoms with van der Waals surface area (Å²) in [6, 6.07) is 17.7. The van der Waals surface area contributed by atoms with Gasteiger partial charge in [0.2, 0.25) is 0 Å². The van der Waals surface area contributed by atoms with Crippen molar-refractivity contribution in [1.82, 2.24) is 15.1 Å². The van der Waals surface area contributed by atoms with Gasteiger partial charge in [-0.2, -0.15) is 5.10 Å². The van der Waals surface area contributed by atoms with Gasteiger partial charge in [0.05, 0.1) is 12.8 Å². The molecule has 2 heterocycles. The maximum atomic E-state index is 5.39. The Kier molecular flexibility index (Phi) is 3.79. The molecule has 5 rings (SSSR count). The predicted octanol–water partition coefficient (Wildman–Crippen LogP) is 3.61. The molecule has 0 unspecified atom stereocenters. The predicted molar refractivity (Wildman–Crippen MR) is 102 cm³/mol. The van der Waals surface area contributed by atoms with E-state index in [1.807, 2.05) is 12.1 Å². The fourth-order valence-corrected chi connectivity index (χ4v) is 4.43. The van der Waals surface area contributed by atoms with E-state index in [1.54, 1.807) is 7.11 Å². The molecule has 26 heavy (non-hydrogen) atoms. The first-order valence-electron chi connectivity index (χ1n) is 9.33. The first kappa shape index (κ1) is 15.6. The van der Waals surface area contributed by atoms with Crippen molar-refractivity contribution in [1.29, 1.82) is 0 Å². The van der Waals surface area contributed by atoms with E-state index in [1.165, 1.54) is 22.4 Å². The van der Waals surface area contributed by atoms with Crippen LogP contribution in [0.5, 0.6) is 5.75 Å². The van der Waals surface area contributed by atoms with Gasteiger partial charge in [0, 0.05) is 42.4 Å². The quantitative estimate of drug-likeness (QED) is 0.788. The number of fused-ring (bicyclic) bond motifs is 2. The lowest BCUT2D eigenvalue weighted by molar-refractivity contribution is 0.183. The van der Waals surface area contributed by atoms with Gasteiger partial charge in [0.1, 0.15) is 5.75 Å². The molecule has 1 N–H and O–H groups in total. The Morgan fingerprint density at radius 3 is 2.65 bits per heavy atom. The molecule has 3 aromatic rings. The summed E-state index contributed by atoms with van der Waals surface area (Å²) in [4.78, 5) is 2.64. The van der Waals surface area contributed by atoms with E-state index in [9.17, 15) is 0 Å². The first-order valence-corrected chi connectivity index (χ1v) is 9.33. The molecule has 0 radical (unpaired) electrons. The number of benzene rings is 2. The monoisotopic (exact) mass is 345 g/mol. The van der Waals surface area contributed by atoms with E-state index in [4.69, 9.17) is 4.74 Å². The fraction of sp³-hybridized carbons (Fsp3) is 0.318. The molecule has 0 amide bonds. The minimum absolute atomic E-state index is 0.605. The Bertz CT molecular complexity index is 921. The van der Waals surface area contributed by atoms with Gasteiger partial charge >= 0.3 is 0 Å². The highest BCUT2D eigenvalue weighted by molar-refractivity contribution is 5.66. The van der Waals surface area contributed by atoms with Gasteiger partial charge in [-0.15, -0.1) is 0 Å². The zero-order valence-corrected chi connectivity index (χ0v) is 15.0. The third kappa shape index (κ3) is 2.61. The van der Waals surface area contributed by atoms with Crippen molar-refractivity contribution in [2.75, 3.05) is 13.7 Å². The fourth-order valence-electron chi connectivity index (χ4n) is 4.43. The molecule has 2 aromatic carbocycles. The third-order valence-corrected chi connectivity index (χ3v) is 5.85. The number of aromatic nitrogens is 2. The lowest BCUT2D eigenvalue weighted by Gasteiger charge is -2.32. The molecular weight excluding hydrogens is 322 g/mol. The number of hydrogen-bond donors (Lipinski definition) is 1. The maximum absolute atomic E-state index is 5.39. The molecule has 132 valence electrons. The highest BCUT2D eigenvalue weighted by atomic mass is 16.5. The molecule has 1 aliphatic heterocycles. The standard InChI is InChI=1S/C22H23N3O/c1-26-19-8-4-7-17(13-19)22-20-14-25(10-9-21(20)23-24-22)18-11-15-5-2-3-6-16(15)12-18/h2-8,13,18H,9-12,14H2,1H3,(H,23,24). The van der Waals surface area contributed by atoms with Crippen LogP contribution < -0.4 is 4.74 Å². The lowest BCUT2D eigenvalue weighted by atomic mass is 9.99. The van der Waals surface area contributed by atoms with Crippen molar-refractivity contribution in [3.63, 3.8) is 0 Å². The highest BCUT2D eigenvalue weighted by Crippen LogP contribution is 2.33. The van der Waals surface area contributed by atoms with Gasteiger partial charge in [-0.25, -0.2) is 0 Å². The molecule has 0 spiro atoms. The van der Waals surface area contributed by atoms with Gasteiger partial charge in [-0.1, -0.05) is 36.4 Å². The number of H-pyrrole nitrogens is 1. The van der Waals surface area contributed by atoms with Gasteiger partial charge < -0.3 is 4.74 Å². The summed E-state index contributed by atoms with van der Waals surface area (Å²) < 4.78 is 5.39. The van der Waals surface area contributed by atoms with Gasteiger partial charge in [-0.05, 0) is 36.1 Å². The van der Waals surface area contributed by atoms with Gasteiger partial charge in [0.15, 0.2) is 0 Å².